The van der Waals surface area contributed by atoms with Crippen LogP contribution in [0.15, 0.2) is 48.5 Å². The average molecular weight is 309 g/mol. The fourth-order valence-electron chi connectivity index (χ4n) is 3.26. The van der Waals surface area contributed by atoms with Crippen molar-refractivity contribution >= 4 is 11.6 Å². The van der Waals surface area contributed by atoms with Gasteiger partial charge in [0.2, 0.25) is 5.91 Å². The van der Waals surface area contributed by atoms with Gasteiger partial charge in [-0.1, -0.05) is 36.4 Å². The van der Waals surface area contributed by atoms with Crippen LogP contribution in [0.4, 0.5) is 5.69 Å². The molecule has 1 aliphatic carbocycles. The predicted molar refractivity (Wildman–Crippen MR) is 92.7 cm³/mol. The number of nitrogens with one attached hydrogen (secondary N) is 1. The molecular weight excluding hydrogens is 286 g/mol. The first-order valence-corrected chi connectivity index (χ1v) is 8.11. The lowest BCUT2D eigenvalue weighted by atomic mass is 9.87. The summed E-state index contributed by atoms with van der Waals surface area (Å²) in [6.45, 7) is 0. The number of carbonyl (C=O) groups excluding carboxylic acids is 1. The summed E-state index contributed by atoms with van der Waals surface area (Å²) in [7, 11) is 0. The molecule has 23 heavy (non-hydrogen) atoms. The minimum absolute atomic E-state index is 0.00368. The molecule has 0 saturated carbocycles. The van der Waals surface area contributed by atoms with Crippen LogP contribution in [0, 0.1) is 0 Å². The van der Waals surface area contributed by atoms with Gasteiger partial charge in [0.15, 0.2) is 0 Å². The molecule has 0 radical (unpaired) electrons. The van der Waals surface area contributed by atoms with Crippen LogP contribution < -0.4 is 16.8 Å². The first kappa shape index (κ1) is 15.6. The van der Waals surface area contributed by atoms with Crippen LogP contribution in [-0.4, -0.2) is 5.91 Å². The molecule has 4 heteroatoms. The van der Waals surface area contributed by atoms with Gasteiger partial charge in [-0.05, 0) is 48.1 Å². The van der Waals surface area contributed by atoms with E-state index in [-0.39, 0.29) is 18.0 Å². The fourth-order valence-corrected chi connectivity index (χ4v) is 3.26. The molecule has 1 amide bonds. The van der Waals surface area contributed by atoms with E-state index in [1.54, 1.807) is 0 Å². The second-order valence-corrected chi connectivity index (χ2v) is 6.19. The molecular formula is C19H23N3O. The number of aryl methyl sites for hydroxylation is 1. The van der Waals surface area contributed by atoms with Gasteiger partial charge in [-0.25, -0.2) is 0 Å². The molecule has 3 rings (SSSR count). The van der Waals surface area contributed by atoms with Gasteiger partial charge in [-0.15, -0.1) is 0 Å². The summed E-state index contributed by atoms with van der Waals surface area (Å²) in [6.07, 6.45) is 3.34. The van der Waals surface area contributed by atoms with Gasteiger partial charge in [-0.2, -0.15) is 0 Å². The van der Waals surface area contributed by atoms with Crippen molar-refractivity contribution in [3.05, 3.63) is 65.2 Å². The Morgan fingerprint density at radius 2 is 2.00 bits per heavy atom. The highest BCUT2D eigenvalue weighted by atomic mass is 16.1. The maximum Gasteiger partial charge on any atom is 0.222 e. The summed E-state index contributed by atoms with van der Waals surface area (Å²) in [5.41, 5.74) is 16.2. The van der Waals surface area contributed by atoms with Gasteiger partial charge in [0.25, 0.3) is 0 Å². The highest BCUT2D eigenvalue weighted by molar-refractivity contribution is 5.77. The van der Waals surface area contributed by atoms with Gasteiger partial charge in [0.1, 0.15) is 0 Å². The number of hydrogen-bond donors (Lipinski definition) is 3. The van der Waals surface area contributed by atoms with Gasteiger partial charge in [0.05, 0.1) is 6.04 Å². The van der Waals surface area contributed by atoms with Crippen molar-refractivity contribution in [2.45, 2.75) is 37.8 Å². The van der Waals surface area contributed by atoms with E-state index in [0.29, 0.717) is 6.42 Å². The van der Waals surface area contributed by atoms with E-state index in [9.17, 15) is 4.79 Å². The van der Waals surface area contributed by atoms with Crippen LogP contribution in [0.2, 0.25) is 0 Å². The molecule has 2 aromatic carbocycles. The van der Waals surface area contributed by atoms with E-state index in [1.165, 1.54) is 11.1 Å². The molecule has 0 fully saturated rings. The quantitative estimate of drug-likeness (QED) is 0.760. The highest BCUT2D eigenvalue weighted by Crippen LogP contribution is 2.31. The standard InChI is InChI=1S/C19H23N3O/c20-15-9-10-16-14(11-15)7-4-8-18(16)22-19(23)12-17(21)13-5-2-1-3-6-13/h1-3,5-6,9-11,17-18H,4,7-8,12,20-21H2,(H,22,23). The molecule has 0 bridgehead atoms. The van der Waals surface area contributed by atoms with Crippen molar-refractivity contribution in [3.63, 3.8) is 0 Å². The zero-order valence-electron chi connectivity index (χ0n) is 13.2. The summed E-state index contributed by atoms with van der Waals surface area (Å²) in [4.78, 5) is 12.4. The topological polar surface area (TPSA) is 81.1 Å². The van der Waals surface area contributed by atoms with Gasteiger partial charge >= 0.3 is 0 Å². The summed E-state index contributed by atoms with van der Waals surface area (Å²) in [6, 6.07) is 15.5. The van der Waals surface area contributed by atoms with Crippen molar-refractivity contribution in [2.24, 2.45) is 5.73 Å². The number of carbonyl (C=O) groups is 1. The number of amides is 1. The molecule has 120 valence electrons. The number of hydrogen-bond acceptors (Lipinski definition) is 3. The lowest BCUT2D eigenvalue weighted by Crippen LogP contribution is -2.33. The minimum Gasteiger partial charge on any atom is -0.399 e. The fraction of sp³-hybridized carbons (Fsp3) is 0.316. The number of rotatable bonds is 4. The Morgan fingerprint density at radius 3 is 2.78 bits per heavy atom. The molecule has 2 atom stereocenters. The molecule has 0 aliphatic heterocycles. The molecule has 2 aromatic rings. The molecule has 2 unspecified atom stereocenters. The van der Waals surface area contributed by atoms with Crippen molar-refractivity contribution < 1.29 is 4.79 Å². The lowest BCUT2D eigenvalue weighted by Gasteiger charge is -2.27. The number of anilines is 1. The monoisotopic (exact) mass is 309 g/mol. The SMILES string of the molecule is Nc1ccc2c(c1)CCCC2NC(=O)CC(N)c1ccccc1. The Labute approximate surface area is 136 Å². The van der Waals surface area contributed by atoms with Crippen molar-refractivity contribution in [2.75, 3.05) is 5.73 Å². The zero-order chi connectivity index (χ0) is 16.2. The van der Waals surface area contributed by atoms with Crippen LogP contribution in [0.3, 0.4) is 0 Å². The third-order valence-electron chi connectivity index (χ3n) is 4.45. The molecule has 1 aliphatic rings. The Kier molecular flexibility index (Phi) is 4.63. The van der Waals surface area contributed by atoms with E-state index in [1.807, 2.05) is 48.5 Å². The van der Waals surface area contributed by atoms with Gasteiger partial charge in [0, 0.05) is 18.2 Å². The maximum absolute atomic E-state index is 12.4. The largest absolute Gasteiger partial charge is 0.399 e. The smallest absolute Gasteiger partial charge is 0.222 e. The minimum atomic E-state index is -0.273. The lowest BCUT2D eigenvalue weighted by molar-refractivity contribution is -0.122. The van der Waals surface area contributed by atoms with E-state index >= 15 is 0 Å². The predicted octanol–water partition coefficient (Wildman–Crippen LogP) is 2.85. The summed E-state index contributed by atoms with van der Waals surface area (Å²) < 4.78 is 0. The molecule has 4 nitrogen and oxygen atoms in total. The van der Waals surface area contributed by atoms with Crippen molar-refractivity contribution in [3.8, 4) is 0 Å². The second-order valence-electron chi connectivity index (χ2n) is 6.19. The number of nitrogens with two attached hydrogens (primary N) is 2. The summed E-state index contributed by atoms with van der Waals surface area (Å²) in [5, 5.41) is 3.14. The summed E-state index contributed by atoms with van der Waals surface area (Å²) >= 11 is 0. The van der Waals surface area contributed by atoms with Crippen LogP contribution in [0.25, 0.3) is 0 Å². The summed E-state index contributed by atoms with van der Waals surface area (Å²) in [5.74, 6) is -0.00368. The Hall–Kier alpha value is -2.33. The number of benzene rings is 2. The molecule has 0 heterocycles. The van der Waals surface area contributed by atoms with Crippen molar-refractivity contribution in [1.29, 1.82) is 0 Å². The Balaban J connectivity index is 1.65. The Morgan fingerprint density at radius 1 is 1.22 bits per heavy atom. The van der Waals surface area contributed by atoms with Crippen LogP contribution >= 0.6 is 0 Å². The normalized spacial score (nSPS) is 18.0. The third-order valence-corrected chi connectivity index (χ3v) is 4.45. The first-order chi connectivity index (χ1) is 11.1. The van der Waals surface area contributed by atoms with Crippen LogP contribution in [-0.2, 0) is 11.2 Å². The van der Waals surface area contributed by atoms with E-state index in [2.05, 4.69) is 5.32 Å². The Bertz CT molecular complexity index is 684. The second kappa shape index (κ2) is 6.84. The van der Waals surface area contributed by atoms with Crippen molar-refractivity contribution in [1.82, 2.24) is 5.32 Å². The third kappa shape index (κ3) is 3.71. The maximum atomic E-state index is 12.4. The van der Waals surface area contributed by atoms with E-state index in [4.69, 9.17) is 11.5 Å². The van der Waals surface area contributed by atoms with Gasteiger partial charge in [-0.3, -0.25) is 4.79 Å². The van der Waals surface area contributed by atoms with E-state index < -0.39 is 0 Å². The van der Waals surface area contributed by atoms with Gasteiger partial charge < -0.3 is 16.8 Å². The van der Waals surface area contributed by atoms with Crippen LogP contribution in [0.5, 0.6) is 0 Å². The molecule has 5 N–H and O–H groups in total. The number of nitrogen functional groups attached to an aromatic ring is 1. The molecule has 0 saturated heterocycles. The first-order valence-electron chi connectivity index (χ1n) is 8.11. The van der Waals surface area contributed by atoms with E-state index in [0.717, 1.165) is 30.5 Å². The van der Waals surface area contributed by atoms with Crippen LogP contribution in [0.1, 0.15) is 48.0 Å². The average Bonchev–Trinajstić information content (AvgIpc) is 2.55. The number of fused-ring (bicyclic) bond motifs is 1. The molecule has 0 aromatic heterocycles. The zero-order valence-corrected chi connectivity index (χ0v) is 13.2. The highest BCUT2D eigenvalue weighted by Gasteiger charge is 2.22. The molecule has 0 spiro atoms.